The molecule has 0 aliphatic rings. The van der Waals surface area contributed by atoms with E-state index in [4.69, 9.17) is 0 Å². The van der Waals surface area contributed by atoms with Gasteiger partial charge < -0.3 is 0 Å². The summed E-state index contributed by atoms with van der Waals surface area (Å²) in [5.41, 5.74) is 1.69. The summed E-state index contributed by atoms with van der Waals surface area (Å²) in [6.45, 7) is 0. The van der Waals surface area contributed by atoms with Crippen molar-refractivity contribution in [2.45, 2.75) is 0 Å². The van der Waals surface area contributed by atoms with Gasteiger partial charge in [0.1, 0.15) is 11.5 Å². The molecule has 0 N–H and O–H groups in total. The molecule has 3 rings (SSSR count). The lowest BCUT2D eigenvalue weighted by Gasteiger charge is -2.00. The van der Waals surface area contributed by atoms with E-state index in [1.54, 1.807) is 27.8 Å². The molecule has 0 aliphatic carbocycles. The van der Waals surface area contributed by atoms with Crippen LogP contribution in [0.4, 0.5) is 4.39 Å². The first-order valence-corrected chi connectivity index (χ1v) is 5.76. The van der Waals surface area contributed by atoms with E-state index in [0.717, 1.165) is 16.6 Å². The Labute approximate surface area is 105 Å². The van der Waals surface area contributed by atoms with Crippen LogP contribution in [0, 0.1) is 5.82 Å². The third-order valence-corrected chi connectivity index (χ3v) is 3.15. The molecule has 4 nitrogen and oxygen atoms in total. The van der Waals surface area contributed by atoms with E-state index in [1.807, 2.05) is 13.2 Å². The predicted octanol–water partition coefficient (Wildman–Crippen LogP) is 2.66. The average molecular weight is 295 g/mol. The van der Waals surface area contributed by atoms with Crippen LogP contribution in [0.1, 0.15) is 0 Å². The number of nitrogens with zero attached hydrogens (tertiary/aromatic N) is 4. The Bertz CT molecular complexity index is 701. The van der Waals surface area contributed by atoms with E-state index >= 15 is 0 Å². The fourth-order valence-electron chi connectivity index (χ4n) is 1.74. The average Bonchev–Trinajstić information content (AvgIpc) is 2.86. The highest BCUT2D eigenvalue weighted by Gasteiger charge is 2.09. The van der Waals surface area contributed by atoms with E-state index in [0.29, 0.717) is 4.47 Å². The molecular weight excluding hydrogens is 287 g/mol. The maximum Gasteiger partial charge on any atom is 0.138 e. The Kier molecular flexibility index (Phi) is 2.25. The molecule has 0 saturated carbocycles. The minimum Gasteiger partial charge on any atom is -0.274 e. The number of aromatic nitrogens is 4. The van der Waals surface area contributed by atoms with Gasteiger partial charge in [0.05, 0.1) is 28.6 Å². The van der Waals surface area contributed by atoms with Crippen molar-refractivity contribution in [2.75, 3.05) is 0 Å². The van der Waals surface area contributed by atoms with Crippen LogP contribution in [0.15, 0.2) is 35.2 Å². The van der Waals surface area contributed by atoms with Crippen molar-refractivity contribution < 1.29 is 4.39 Å². The molecule has 0 spiro atoms. The number of hydrogen-bond acceptors (Lipinski definition) is 2. The van der Waals surface area contributed by atoms with Crippen LogP contribution in [0.2, 0.25) is 0 Å². The van der Waals surface area contributed by atoms with E-state index in [1.165, 1.54) is 6.07 Å². The summed E-state index contributed by atoms with van der Waals surface area (Å²) >= 11 is 3.18. The minimum atomic E-state index is -0.289. The van der Waals surface area contributed by atoms with Crippen molar-refractivity contribution in [3.63, 3.8) is 0 Å². The second kappa shape index (κ2) is 3.66. The van der Waals surface area contributed by atoms with Crippen molar-refractivity contribution in [3.8, 4) is 5.69 Å². The summed E-state index contributed by atoms with van der Waals surface area (Å²) in [6.07, 6.45) is 5.20. The van der Waals surface area contributed by atoms with Crippen molar-refractivity contribution in [1.29, 1.82) is 0 Å². The Morgan fingerprint density at radius 2 is 2.06 bits per heavy atom. The highest BCUT2D eigenvalue weighted by atomic mass is 79.9. The van der Waals surface area contributed by atoms with Gasteiger partial charge >= 0.3 is 0 Å². The molecule has 1 aromatic carbocycles. The Hall–Kier alpha value is -1.69. The maximum atomic E-state index is 13.4. The first kappa shape index (κ1) is 10.5. The van der Waals surface area contributed by atoms with Gasteiger partial charge in [-0.25, -0.2) is 9.07 Å². The molecule has 0 bridgehead atoms. The number of rotatable bonds is 1. The summed E-state index contributed by atoms with van der Waals surface area (Å²) in [4.78, 5) is 0. The molecule has 0 atom stereocenters. The van der Waals surface area contributed by atoms with E-state index in [-0.39, 0.29) is 5.82 Å². The molecule has 6 heteroatoms. The zero-order chi connectivity index (χ0) is 12.0. The van der Waals surface area contributed by atoms with Crippen LogP contribution in [0.5, 0.6) is 0 Å². The topological polar surface area (TPSA) is 35.6 Å². The molecule has 86 valence electrons. The summed E-state index contributed by atoms with van der Waals surface area (Å²) in [5, 5.41) is 9.09. The summed E-state index contributed by atoms with van der Waals surface area (Å²) in [7, 11) is 1.84. The predicted molar refractivity (Wildman–Crippen MR) is 65.5 cm³/mol. The normalized spacial score (nSPS) is 11.2. The third-order valence-electron chi connectivity index (χ3n) is 2.55. The molecular formula is C11H8BrFN4. The first-order valence-electron chi connectivity index (χ1n) is 4.97. The SMILES string of the molecule is Cn1cc(-n2ncc3cc(F)c(Br)cc32)cn1. The van der Waals surface area contributed by atoms with Gasteiger partial charge in [0.2, 0.25) is 0 Å². The van der Waals surface area contributed by atoms with Crippen LogP contribution in [0.25, 0.3) is 16.6 Å². The number of aryl methyl sites for hydroxylation is 1. The molecule has 0 radical (unpaired) electrons. The van der Waals surface area contributed by atoms with Crippen LogP contribution < -0.4 is 0 Å². The molecule has 2 heterocycles. The monoisotopic (exact) mass is 294 g/mol. The lowest BCUT2D eigenvalue weighted by atomic mass is 10.2. The van der Waals surface area contributed by atoms with Gasteiger partial charge in [-0.05, 0) is 28.1 Å². The highest BCUT2D eigenvalue weighted by Crippen LogP contribution is 2.24. The molecule has 17 heavy (non-hydrogen) atoms. The van der Waals surface area contributed by atoms with Crippen molar-refractivity contribution in [2.24, 2.45) is 7.05 Å². The number of halogens is 2. The van der Waals surface area contributed by atoms with Gasteiger partial charge in [0, 0.05) is 12.4 Å². The molecule has 0 fully saturated rings. The van der Waals surface area contributed by atoms with Crippen molar-refractivity contribution >= 4 is 26.8 Å². The van der Waals surface area contributed by atoms with E-state index in [9.17, 15) is 4.39 Å². The molecule has 0 aliphatic heterocycles. The van der Waals surface area contributed by atoms with Crippen molar-refractivity contribution in [3.05, 3.63) is 41.0 Å². The van der Waals surface area contributed by atoms with Gasteiger partial charge in [0.25, 0.3) is 0 Å². The fraction of sp³-hybridized carbons (Fsp3) is 0.0909. The van der Waals surface area contributed by atoms with Crippen LogP contribution >= 0.6 is 15.9 Å². The summed E-state index contributed by atoms with van der Waals surface area (Å²) in [6, 6.07) is 3.17. The van der Waals surface area contributed by atoms with Gasteiger partial charge in [0.15, 0.2) is 0 Å². The maximum absolute atomic E-state index is 13.4. The largest absolute Gasteiger partial charge is 0.274 e. The zero-order valence-corrected chi connectivity index (χ0v) is 10.5. The lowest BCUT2D eigenvalue weighted by molar-refractivity contribution is 0.623. The van der Waals surface area contributed by atoms with E-state index < -0.39 is 0 Å². The minimum absolute atomic E-state index is 0.289. The molecule has 0 unspecified atom stereocenters. The molecule has 2 aromatic heterocycles. The van der Waals surface area contributed by atoms with Crippen LogP contribution in [0.3, 0.4) is 0 Å². The number of fused-ring (bicyclic) bond motifs is 1. The quantitative estimate of drug-likeness (QED) is 0.692. The molecule has 3 aromatic rings. The first-order chi connectivity index (χ1) is 8.15. The van der Waals surface area contributed by atoms with Gasteiger partial charge in [-0.3, -0.25) is 4.68 Å². The Balaban J connectivity index is 2.27. The van der Waals surface area contributed by atoms with Gasteiger partial charge in [-0.2, -0.15) is 10.2 Å². The molecule has 0 amide bonds. The van der Waals surface area contributed by atoms with Crippen LogP contribution in [-0.2, 0) is 7.05 Å². The van der Waals surface area contributed by atoms with Gasteiger partial charge in [-0.15, -0.1) is 0 Å². The Morgan fingerprint density at radius 1 is 1.24 bits per heavy atom. The summed E-state index contributed by atoms with van der Waals surface area (Å²) < 4.78 is 17.2. The third kappa shape index (κ3) is 1.64. The highest BCUT2D eigenvalue weighted by molar-refractivity contribution is 9.10. The molecule has 0 saturated heterocycles. The van der Waals surface area contributed by atoms with E-state index in [2.05, 4.69) is 26.1 Å². The van der Waals surface area contributed by atoms with Gasteiger partial charge in [-0.1, -0.05) is 0 Å². The van der Waals surface area contributed by atoms with Crippen molar-refractivity contribution in [1.82, 2.24) is 19.6 Å². The standard InChI is InChI=1S/C11H8BrFN4/c1-16-6-8(5-14-16)17-11-3-9(12)10(13)2-7(11)4-15-17/h2-6H,1H3. The zero-order valence-electron chi connectivity index (χ0n) is 8.93. The number of benzene rings is 1. The number of hydrogen-bond donors (Lipinski definition) is 0. The Morgan fingerprint density at radius 3 is 2.76 bits per heavy atom. The van der Waals surface area contributed by atoms with Crippen LogP contribution in [-0.4, -0.2) is 19.6 Å². The smallest absolute Gasteiger partial charge is 0.138 e. The second-order valence-electron chi connectivity index (χ2n) is 3.75. The second-order valence-corrected chi connectivity index (χ2v) is 4.61. The fourth-order valence-corrected chi connectivity index (χ4v) is 2.08. The lowest BCUT2D eigenvalue weighted by Crippen LogP contribution is -1.94. The summed E-state index contributed by atoms with van der Waals surface area (Å²) in [5.74, 6) is -0.289.